The van der Waals surface area contributed by atoms with Gasteiger partial charge in [0.05, 0.1) is 12.0 Å². The molecule has 1 aliphatic rings. The van der Waals surface area contributed by atoms with Gasteiger partial charge in [0.1, 0.15) is 10.7 Å². The normalized spacial score (nSPS) is 17.7. The van der Waals surface area contributed by atoms with Crippen molar-refractivity contribution >= 4 is 44.8 Å². The van der Waals surface area contributed by atoms with Crippen LogP contribution in [0.5, 0.6) is 0 Å². The lowest BCUT2D eigenvalue weighted by Crippen LogP contribution is -2.14. The van der Waals surface area contributed by atoms with Crippen LogP contribution >= 0.6 is 34.5 Å². The molecule has 124 valence electrons. The number of H-pyrrole nitrogens is 1. The Labute approximate surface area is 152 Å². The molecule has 3 aromatic rings. The molecule has 1 N–H and O–H groups in total. The fourth-order valence-corrected chi connectivity index (χ4v) is 4.64. The molecule has 0 aliphatic carbocycles. The average molecular weight is 381 g/mol. The lowest BCUT2D eigenvalue weighted by atomic mass is 10.0. The fraction of sp³-hybridized carbons (Fsp3) is 0.294. The smallest absolute Gasteiger partial charge is 0.260 e. The van der Waals surface area contributed by atoms with Crippen LogP contribution in [0, 0.1) is 6.92 Å². The number of halogens is 2. The molecule has 1 atom stereocenters. The van der Waals surface area contributed by atoms with Gasteiger partial charge in [0.2, 0.25) is 0 Å². The molecule has 24 heavy (non-hydrogen) atoms. The maximum absolute atomic E-state index is 12.7. The van der Waals surface area contributed by atoms with Gasteiger partial charge in [0.15, 0.2) is 0 Å². The summed E-state index contributed by atoms with van der Waals surface area (Å²) in [5, 5.41) is 1.68. The number of thiophene rings is 1. The van der Waals surface area contributed by atoms with Crippen molar-refractivity contribution < 1.29 is 4.74 Å². The van der Waals surface area contributed by atoms with Gasteiger partial charge in [-0.1, -0.05) is 29.3 Å². The number of nitrogens with one attached hydrogen (secondary N) is 1. The highest BCUT2D eigenvalue weighted by Gasteiger charge is 2.23. The molecule has 1 aromatic carbocycles. The van der Waals surface area contributed by atoms with E-state index in [1.165, 1.54) is 11.3 Å². The predicted octanol–water partition coefficient (Wildman–Crippen LogP) is 4.77. The van der Waals surface area contributed by atoms with Gasteiger partial charge >= 0.3 is 0 Å². The van der Waals surface area contributed by atoms with Gasteiger partial charge in [-0.25, -0.2) is 4.98 Å². The Kier molecular flexibility index (Phi) is 4.12. The van der Waals surface area contributed by atoms with Crippen LogP contribution in [0.25, 0.3) is 21.3 Å². The van der Waals surface area contributed by atoms with Crippen LogP contribution in [0.15, 0.2) is 23.0 Å². The van der Waals surface area contributed by atoms with E-state index in [1.54, 1.807) is 12.1 Å². The zero-order valence-corrected chi connectivity index (χ0v) is 15.2. The van der Waals surface area contributed by atoms with Crippen molar-refractivity contribution in [2.75, 3.05) is 13.2 Å². The maximum Gasteiger partial charge on any atom is 0.260 e. The second-order valence-corrected chi connectivity index (χ2v) is 7.90. The van der Waals surface area contributed by atoms with E-state index in [0.717, 1.165) is 27.3 Å². The van der Waals surface area contributed by atoms with E-state index in [0.29, 0.717) is 34.5 Å². The molecule has 1 aliphatic heterocycles. The van der Waals surface area contributed by atoms with Crippen LogP contribution in [0.3, 0.4) is 0 Å². The molecule has 0 amide bonds. The molecule has 0 radical (unpaired) electrons. The van der Waals surface area contributed by atoms with E-state index < -0.39 is 0 Å². The van der Waals surface area contributed by atoms with Gasteiger partial charge in [0.25, 0.3) is 5.56 Å². The topological polar surface area (TPSA) is 55.0 Å². The number of hydrogen-bond acceptors (Lipinski definition) is 4. The number of benzene rings is 1. The van der Waals surface area contributed by atoms with E-state index in [4.69, 9.17) is 27.9 Å². The summed E-state index contributed by atoms with van der Waals surface area (Å²) in [7, 11) is 0. The predicted molar refractivity (Wildman–Crippen MR) is 98.6 cm³/mol. The van der Waals surface area contributed by atoms with Gasteiger partial charge < -0.3 is 9.72 Å². The van der Waals surface area contributed by atoms with Crippen LogP contribution in [-0.4, -0.2) is 23.2 Å². The number of aromatic nitrogens is 2. The summed E-state index contributed by atoms with van der Waals surface area (Å²) >= 11 is 13.8. The third-order valence-electron chi connectivity index (χ3n) is 4.27. The number of nitrogens with zero attached hydrogens (tertiary/aromatic N) is 1. The molecular weight excluding hydrogens is 367 g/mol. The van der Waals surface area contributed by atoms with Crippen LogP contribution in [0.4, 0.5) is 0 Å². The summed E-state index contributed by atoms with van der Waals surface area (Å²) in [4.78, 5) is 22.1. The minimum absolute atomic E-state index is 0.132. The Balaban J connectivity index is 1.94. The highest BCUT2D eigenvalue weighted by atomic mass is 35.5. The second kappa shape index (κ2) is 6.15. The van der Waals surface area contributed by atoms with E-state index in [9.17, 15) is 4.79 Å². The fourth-order valence-electron chi connectivity index (χ4n) is 3.10. The first kappa shape index (κ1) is 16.1. The van der Waals surface area contributed by atoms with Crippen molar-refractivity contribution in [1.82, 2.24) is 9.97 Å². The van der Waals surface area contributed by atoms with Crippen LogP contribution in [0.2, 0.25) is 10.0 Å². The summed E-state index contributed by atoms with van der Waals surface area (Å²) in [5.41, 5.74) is 1.50. The molecule has 0 spiro atoms. The Hall–Kier alpha value is -1.40. The first-order chi connectivity index (χ1) is 11.5. The Bertz CT molecular complexity index is 990. The summed E-state index contributed by atoms with van der Waals surface area (Å²) in [5.74, 6) is 0.868. The van der Waals surface area contributed by atoms with E-state index in [1.807, 2.05) is 13.0 Å². The van der Waals surface area contributed by atoms with E-state index in [-0.39, 0.29) is 11.5 Å². The molecule has 0 bridgehead atoms. The minimum atomic E-state index is -0.132. The first-order valence-corrected chi connectivity index (χ1v) is 9.18. The quantitative estimate of drug-likeness (QED) is 0.696. The Morgan fingerprint density at radius 2 is 2.21 bits per heavy atom. The van der Waals surface area contributed by atoms with Crippen molar-refractivity contribution in [2.45, 2.75) is 19.3 Å². The van der Waals surface area contributed by atoms with Crippen molar-refractivity contribution in [3.63, 3.8) is 0 Å². The molecule has 1 fully saturated rings. The standard InChI is InChI=1S/C17H14Cl2N2O2S/c1-8-13(11-3-2-10(18)6-12(11)19)14-16(22)20-15(21-17(14)24-8)9-4-5-23-7-9/h2-3,6,9H,4-5,7H2,1H3,(H,20,21,22). The molecule has 0 saturated carbocycles. The molecule has 4 rings (SSSR count). The molecule has 7 heteroatoms. The summed E-state index contributed by atoms with van der Waals surface area (Å²) in [6, 6.07) is 5.31. The summed E-state index contributed by atoms with van der Waals surface area (Å²) < 4.78 is 5.40. The average Bonchev–Trinajstić information content (AvgIpc) is 3.15. The van der Waals surface area contributed by atoms with Gasteiger partial charge in [-0.3, -0.25) is 4.79 Å². The van der Waals surface area contributed by atoms with Gasteiger partial charge in [-0.05, 0) is 25.5 Å². The van der Waals surface area contributed by atoms with Crippen LogP contribution in [0.1, 0.15) is 23.0 Å². The largest absolute Gasteiger partial charge is 0.381 e. The number of fused-ring (bicyclic) bond motifs is 1. The lowest BCUT2D eigenvalue weighted by Gasteiger charge is -2.08. The Morgan fingerprint density at radius 3 is 2.92 bits per heavy atom. The molecule has 1 unspecified atom stereocenters. The van der Waals surface area contributed by atoms with Crippen molar-refractivity contribution in [2.24, 2.45) is 0 Å². The number of rotatable bonds is 2. The maximum atomic E-state index is 12.7. The van der Waals surface area contributed by atoms with Crippen LogP contribution < -0.4 is 5.56 Å². The minimum Gasteiger partial charge on any atom is -0.381 e. The van der Waals surface area contributed by atoms with Crippen molar-refractivity contribution in [3.05, 3.63) is 49.3 Å². The zero-order valence-electron chi connectivity index (χ0n) is 12.9. The molecule has 3 heterocycles. The van der Waals surface area contributed by atoms with Gasteiger partial charge in [0, 0.05) is 38.6 Å². The van der Waals surface area contributed by atoms with E-state index in [2.05, 4.69) is 9.97 Å². The van der Waals surface area contributed by atoms with Gasteiger partial charge in [-0.2, -0.15) is 0 Å². The summed E-state index contributed by atoms with van der Waals surface area (Å²) in [6.07, 6.45) is 0.884. The van der Waals surface area contributed by atoms with E-state index >= 15 is 0 Å². The molecular formula is C17H14Cl2N2O2S. The summed E-state index contributed by atoms with van der Waals surface area (Å²) in [6.45, 7) is 3.29. The molecule has 4 nitrogen and oxygen atoms in total. The van der Waals surface area contributed by atoms with Crippen molar-refractivity contribution in [3.8, 4) is 11.1 Å². The van der Waals surface area contributed by atoms with Crippen molar-refractivity contribution in [1.29, 1.82) is 0 Å². The zero-order chi connectivity index (χ0) is 16.8. The highest BCUT2D eigenvalue weighted by Crippen LogP contribution is 2.40. The third-order valence-corrected chi connectivity index (χ3v) is 5.82. The first-order valence-electron chi connectivity index (χ1n) is 7.61. The number of aryl methyl sites for hydroxylation is 1. The molecule has 1 saturated heterocycles. The number of ether oxygens (including phenoxy) is 1. The number of hydrogen-bond donors (Lipinski definition) is 1. The lowest BCUT2D eigenvalue weighted by molar-refractivity contribution is 0.193. The number of aromatic amines is 1. The SMILES string of the molecule is Cc1sc2nc(C3CCOC3)[nH]c(=O)c2c1-c1ccc(Cl)cc1Cl. The second-order valence-electron chi connectivity index (χ2n) is 5.85. The monoisotopic (exact) mass is 380 g/mol. The molecule has 2 aromatic heterocycles. The van der Waals surface area contributed by atoms with Gasteiger partial charge in [-0.15, -0.1) is 11.3 Å². The van der Waals surface area contributed by atoms with Crippen LogP contribution in [-0.2, 0) is 4.74 Å². The Morgan fingerprint density at radius 1 is 1.38 bits per heavy atom. The highest BCUT2D eigenvalue weighted by molar-refractivity contribution is 7.19. The third kappa shape index (κ3) is 2.65.